The third kappa shape index (κ3) is 2.97. The van der Waals surface area contributed by atoms with E-state index >= 15 is 0 Å². The molecule has 5 heteroatoms. The van der Waals surface area contributed by atoms with Gasteiger partial charge in [-0.2, -0.15) is 0 Å². The highest BCUT2D eigenvalue weighted by molar-refractivity contribution is 5.39. The number of anilines is 1. The summed E-state index contributed by atoms with van der Waals surface area (Å²) in [7, 11) is 0. The van der Waals surface area contributed by atoms with Crippen molar-refractivity contribution in [1.82, 2.24) is 19.8 Å². The van der Waals surface area contributed by atoms with Crippen molar-refractivity contribution in [3.8, 4) is 0 Å². The highest BCUT2D eigenvalue weighted by Gasteiger charge is 2.35. The van der Waals surface area contributed by atoms with E-state index < -0.39 is 0 Å². The SMILES string of the molecule is c1cnc(N2CC(N3CCN(C4CCCCC4)CC3)C2)cn1. The van der Waals surface area contributed by atoms with E-state index in [2.05, 4.69) is 24.7 Å². The third-order valence-electron chi connectivity index (χ3n) is 5.69. The minimum absolute atomic E-state index is 0.718. The first kappa shape index (κ1) is 14.4. The van der Waals surface area contributed by atoms with Crippen LogP contribution in [0, 0.1) is 0 Å². The molecule has 3 fully saturated rings. The number of rotatable bonds is 3. The summed E-state index contributed by atoms with van der Waals surface area (Å²) in [5.41, 5.74) is 0. The molecule has 0 bridgehead atoms. The smallest absolute Gasteiger partial charge is 0.147 e. The fourth-order valence-electron chi connectivity index (χ4n) is 4.24. The summed E-state index contributed by atoms with van der Waals surface area (Å²) in [6.07, 6.45) is 12.6. The van der Waals surface area contributed by atoms with Gasteiger partial charge in [0.15, 0.2) is 0 Å². The van der Waals surface area contributed by atoms with Gasteiger partial charge in [-0.15, -0.1) is 0 Å². The molecule has 4 rings (SSSR count). The number of piperazine rings is 1. The normalized spacial score (nSPS) is 26.1. The van der Waals surface area contributed by atoms with E-state index in [9.17, 15) is 0 Å². The molecular formula is C17H27N5. The predicted molar refractivity (Wildman–Crippen MR) is 88.1 cm³/mol. The van der Waals surface area contributed by atoms with Crippen LogP contribution in [0.25, 0.3) is 0 Å². The summed E-state index contributed by atoms with van der Waals surface area (Å²) < 4.78 is 0. The van der Waals surface area contributed by atoms with Gasteiger partial charge in [0.25, 0.3) is 0 Å². The molecule has 0 radical (unpaired) electrons. The molecule has 3 heterocycles. The van der Waals surface area contributed by atoms with Crippen molar-refractivity contribution in [3.63, 3.8) is 0 Å². The summed E-state index contributed by atoms with van der Waals surface area (Å²) in [6.45, 7) is 7.26. The first-order valence-corrected chi connectivity index (χ1v) is 8.89. The zero-order valence-electron chi connectivity index (χ0n) is 13.4. The zero-order valence-corrected chi connectivity index (χ0v) is 13.4. The maximum Gasteiger partial charge on any atom is 0.147 e. The summed E-state index contributed by atoms with van der Waals surface area (Å²) >= 11 is 0. The van der Waals surface area contributed by atoms with Crippen LogP contribution in [0.3, 0.4) is 0 Å². The van der Waals surface area contributed by atoms with Crippen molar-refractivity contribution in [3.05, 3.63) is 18.6 Å². The van der Waals surface area contributed by atoms with E-state index in [1.165, 1.54) is 58.3 Å². The molecule has 3 aliphatic rings. The van der Waals surface area contributed by atoms with Crippen molar-refractivity contribution in [2.45, 2.75) is 44.2 Å². The van der Waals surface area contributed by atoms with Gasteiger partial charge in [0.1, 0.15) is 5.82 Å². The fourth-order valence-corrected chi connectivity index (χ4v) is 4.24. The molecule has 1 aromatic rings. The Bertz CT molecular complexity index is 459. The van der Waals surface area contributed by atoms with E-state index in [4.69, 9.17) is 0 Å². The second kappa shape index (κ2) is 6.50. The van der Waals surface area contributed by atoms with Crippen molar-refractivity contribution in [2.75, 3.05) is 44.2 Å². The van der Waals surface area contributed by atoms with Crippen LogP contribution >= 0.6 is 0 Å². The molecule has 22 heavy (non-hydrogen) atoms. The Morgan fingerprint density at radius 3 is 2.14 bits per heavy atom. The Hall–Kier alpha value is -1.20. The van der Waals surface area contributed by atoms with Crippen molar-refractivity contribution >= 4 is 5.82 Å². The lowest BCUT2D eigenvalue weighted by Gasteiger charge is -2.49. The highest BCUT2D eigenvalue weighted by atomic mass is 15.4. The molecule has 0 amide bonds. The first-order chi connectivity index (χ1) is 10.9. The fraction of sp³-hybridized carbons (Fsp3) is 0.765. The molecule has 2 saturated heterocycles. The van der Waals surface area contributed by atoms with Crippen molar-refractivity contribution in [1.29, 1.82) is 0 Å². The van der Waals surface area contributed by atoms with E-state index in [1.54, 1.807) is 12.4 Å². The highest BCUT2D eigenvalue weighted by Crippen LogP contribution is 2.26. The Morgan fingerprint density at radius 1 is 0.818 bits per heavy atom. The summed E-state index contributed by atoms with van der Waals surface area (Å²) in [4.78, 5) is 16.3. The number of nitrogens with zero attached hydrogens (tertiary/aromatic N) is 5. The van der Waals surface area contributed by atoms with Gasteiger partial charge in [0, 0.05) is 63.7 Å². The molecule has 1 saturated carbocycles. The van der Waals surface area contributed by atoms with Crippen LogP contribution in [0.15, 0.2) is 18.6 Å². The van der Waals surface area contributed by atoms with Crippen LogP contribution in [-0.4, -0.2) is 71.1 Å². The molecule has 0 spiro atoms. The van der Waals surface area contributed by atoms with Gasteiger partial charge < -0.3 is 4.90 Å². The third-order valence-corrected chi connectivity index (χ3v) is 5.69. The van der Waals surface area contributed by atoms with Gasteiger partial charge >= 0.3 is 0 Å². The maximum atomic E-state index is 4.39. The van der Waals surface area contributed by atoms with Gasteiger partial charge in [-0.1, -0.05) is 19.3 Å². The number of hydrogen-bond acceptors (Lipinski definition) is 5. The van der Waals surface area contributed by atoms with Crippen LogP contribution in [0.2, 0.25) is 0 Å². The summed E-state index contributed by atoms with van der Waals surface area (Å²) in [6, 6.07) is 1.60. The molecule has 0 unspecified atom stereocenters. The zero-order chi connectivity index (χ0) is 14.8. The predicted octanol–water partition coefficient (Wildman–Crippen LogP) is 1.62. The topological polar surface area (TPSA) is 35.5 Å². The van der Waals surface area contributed by atoms with Crippen molar-refractivity contribution in [2.24, 2.45) is 0 Å². The molecule has 1 aliphatic carbocycles. The second-order valence-electron chi connectivity index (χ2n) is 6.99. The van der Waals surface area contributed by atoms with Gasteiger partial charge in [-0.25, -0.2) is 4.98 Å². The van der Waals surface area contributed by atoms with Gasteiger partial charge in [0.2, 0.25) is 0 Å². The van der Waals surface area contributed by atoms with E-state index in [0.29, 0.717) is 0 Å². The average molecular weight is 301 g/mol. The molecule has 2 aliphatic heterocycles. The van der Waals surface area contributed by atoms with E-state index in [1.807, 2.05) is 6.20 Å². The van der Waals surface area contributed by atoms with Gasteiger partial charge in [-0.3, -0.25) is 14.8 Å². The molecular weight excluding hydrogens is 274 g/mol. The van der Waals surface area contributed by atoms with Crippen LogP contribution in [0.1, 0.15) is 32.1 Å². The molecule has 0 atom stereocenters. The number of aromatic nitrogens is 2. The van der Waals surface area contributed by atoms with Crippen LogP contribution in [-0.2, 0) is 0 Å². The second-order valence-corrected chi connectivity index (χ2v) is 6.99. The quantitative estimate of drug-likeness (QED) is 0.848. The van der Waals surface area contributed by atoms with Gasteiger partial charge in [0.05, 0.1) is 6.20 Å². The standard InChI is InChI=1S/C17H27N5/c1-2-4-15(5-3-1)20-8-10-21(11-9-20)16-13-22(14-16)17-12-18-6-7-19-17/h6-7,12,15-16H,1-5,8-11,13-14H2. The molecule has 5 nitrogen and oxygen atoms in total. The molecule has 0 N–H and O–H groups in total. The monoisotopic (exact) mass is 301 g/mol. The summed E-state index contributed by atoms with van der Waals surface area (Å²) in [5.74, 6) is 1.03. The van der Waals surface area contributed by atoms with Crippen LogP contribution in [0.5, 0.6) is 0 Å². The van der Waals surface area contributed by atoms with E-state index in [0.717, 1.165) is 31.0 Å². The Morgan fingerprint density at radius 2 is 1.50 bits per heavy atom. The van der Waals surface area contributed by atoms with Crippen molar-refractivity contribution < 1.29 is 0 Å². The van der Waals surface area contributed by atoms with Crippen LogP contribution in [0.4, 0.5) is 5.82 Å². The van der Waals surface area contributed by atoms with Gasteiger partial charge in [-0.05, 0) is 12.8 Å². The summed E-state index contributed by atoms with van der Waals surface area (Å²) in [5, 5.41) is 0. The average Bonchev–Trinajstić information content (AvgIpc) is 2.56. The van der Waals surface area contributed by atoms with Crippen LogP contribution < -0.4 is 4.90 Å². The lowest BCUT2D eigenvalue weighted by atomic mass is 9.93. The molecule has 1 aromatic heterocycles. The lowest BCUT2D eigenvalue weighted by molar-refractivity contribution is 0.0487. The molecule has 0 aromatic carbocycles. The maximum absolute atomic E-state index is 4.39. The first-order valence-electron chi connectivity index (χ1n) is 8.89. The lowest BCUT2D eigenvalue weighted by Crippen LogP contribution is -2.64. The Labute approximate surface area is 133 Å². The Kier molecular flexibility index (Phi) is 4.26. The minimum atomic E-state index is 0.718. The number of hydrogen-bond donors (Lipinski definition) is 0. The Balaban J connectivity index is 1.23. The largest absolute Gasteiger partial charge is 0.352 e. The van der Waals surface area contributed by atoms with E-state index in [-0.39, 0.29) is 0 Å². The minimum Gasteiger partial charge on any atom is -0.352 e. The molecule has 120 valence electrons.